The third-order valence-corrected chi connectivity index (χ3v) is 6.82. The molecule has 4 rings (SSSR count). The van der Waals surface area contributed by atoms with E-state index in [-0.39, 0.29) is 11.7 Å². The Labute approximate surface area is 194 Å². The lowest BCUT2D eigenvalue weighted by molar-refractivity contribution is -0.113. The number of carbonyl (C=O) groups excluding carboxylic acids is 1. The lowest BCUT2D eigenvalue weighted by Crippen LogP contribution is -2.15. The maximum atomic E-state index is 12.5. The van der Waals surface area contributed by atoms with E-state index >= 15 is 0 Å². The number of carbonyl (C=O) groups is 1. The summed E-state index contributed by atoms with van der Waals surface area (Å²) in [6, 6.07) is 17.7. The van der Waals surface area contributed by atoms with E-state index in [2.05, 4.69) is 37.3 Å². The van der Waals surface area contributed by atoms with Crippen LogP contribution in [-0.4, -0.2) is 40.3 Å². The van der Waals surface area contributed by atoms with Crippen LogP contribution in [0.4, 0.5) is 10.8 Å². The fourth-order valence-corrected chi connectivity index (χ4v) is 4.94. The molecular formula is C23H23N5O2S2. The van der Waals surface area contributed by atoms with Gasteiger partial charge in [-0.1, -0.05) is 65.6 Å². The Kier molecular flexibility index (Phi) is 7.18. The number of ether oxygens (including phenoxy) is 1. The smallest absolute Gasteiger partial charge is 0.234 e. The van der Waals surface area contributed by atoms with Crippen molar-refractivity contribution in [1.29, 1.82) is 0 Å². The van der Waals surface area contributed by atoms with Gasteiger partial charge in [0.25, 0.3) is 0 Å². The average molecular weight is 466 g/mol. The molecule has 0 radical (unpaired) electrons. The molecule has 1 amide bonds. The van der Waals surface area contributed by atoms with Gasteiger partial charge in [-0.15, -0.1) is 0 Å². The third kappa shape index (κ3) is 5.35. The molecule has 0 atom stereocenters. The number of para-hydroxylation sites is 2. The minimum atomic E-state index is -0.125. The van der Waals surface area contributed by atoms with Gasteiger partial charge in [0.15, 0.2) is 10.8 Å². The molecule has 0 aliphatic heterocycles. The van der Waals surface area contributed by atoms with E-state index < -0.39 is 0 Å². The molecule has 1 N–H and O–H groups in total. The summed E-state index contributed by atoms with van der Waals surface area (Å²) >= 11 is 2.91. The van der Waals surface area contributed by atoms with Crippen molar-refractivity contribution in [2.45, 2.75) is 18.5 Å². The van der Waals surface area contributed by atoms with Crippen molar-refractivity contribution in [3.05, 3.63) is 66.5 Å². The molecule has 0 unspecified atom stereocenters. The number of benzene rings is 2. The lowest BCUT2D eigenvalue weighted by atomic mass is 10.2. The Morgan fingerprint density at radius 1 is 1.12 bits per heavy atom. The molecule has 9 heteroatoms. The van der Waals surface area contributed by atoms with Gasteiger partial charge in [0.05, 0.1) is 18.0 Å². The zero-order valence-corrected chi connectivity index (χ0v) is 19.4. The molecule has 32 heavy (non-hydrogen) atoms. The number of rotatable bonds is 9. The van der Waals surface area contributed by atoms with E-state index in [0.717, 1.165) is 21.4 Å². The van der Waals surface area contributed by atoms with Crippen molar-refractivity contribution in [3.8, 4) is 5.75 Å². The topological polar surface area (TPSA) is 80.2 Å². The number of aromatic nitrogens is 3. The normalized spacial score (nSPS) is 10.8. The second kappa shape index (κ2) is 10.4. The summed E-state index contributed by atoms with van der Waals surface area (Å²) in [6.45, 7) is 3.20. The van der Waals surface area contributed by atoms with E-state index in [1.807, 2.05) is 56.4 Å². The van der Waals surface area contributed by atoms with Crippen LogP contribution in [0, 0.1) is 0 Å². The first-order valence-corrected chi connectivity index (χ1v) is 12.0. The number of fused-ring (bicyclic) bond motifs is 1. The molecule has 2 heterocycles. The summed E-state index contributed by atoms with van der Waals surface area (Å²) < 4.78 is 6.46. The molecule has 0 aliphatic rings. The number of anilines is 2. The van der Waals surface area contributed by atoms with E-state index in [0.29, 0.717) is 23.7 Å². The molecule has 0 bridgehead atoms. The second-order valence-corrected chi connectivity index (χ2v) is 8.88. The van der Waals surface area contributed by atoms with Gasteiger partial charge in [-0.3, -0.25) is 4.79 Å². The maximum absolute atomic E-state index is 12.5. The molecule has 0 saturated heterocycles. The van der Waals surface area contributed by atoms with Crippen molar-refractivity contribution < 1.29 is 9.53 Å². The molecule has 7 nitrogen and oxygen atoms in total. The van der Waals surface area contributed by atoms with Gasteiger partial charge < -0.3 is 15.0 Å². The summed E-state index contributed by atoms with van der Waals surface area (Å²) in [6.07, 6.45) is 1.49. The molecule has 0 aliphatic carbocycles. The van der Waals surface area contributed by atoms with Crippen LogP contribution in [0.25, 0.3) is 10.3 Å². The fourth-order valence-electron chi connectivity index (χ4n) is 3.09. The Balaban J connectivity index is 1.44. The molecule has 0 spiro atoms. The van der Waals surface area contributed by atoms with Gasteiger partial charge in [0.2, 0.25) is 5.91 Å². The fraction of sp³-hybridized carbons (Fsp3) is 0.217. The van der Waals surface area contributed by atoms with Crippen LogP contribution in [0.5, 0.6) is 5.75 Å². The Bertz CT molecular complexity index is 1200. The average Bonchev–Trinajstić information content (AvgIpc) is 3.25. The monoisotopic (exact) mass is 465 g/mol. The lowest BCUT2D eigenvalue weighted by Gasteiger charge is -2.15. The molecule has 0 fully saturated rings. The van der Waals surface area contributed by atoms with Crippen LogP contribution in [0.15, 0.2) is 66.0 Å². The summed E-state index contributed by atoms with van der Waals surface area (Å²) in [4.78, 5) is 28.0. The first-order chi connectivity index (χ1) is 15.6. The molecule has 164 valence electrons. The van der Waals surface area contributed by atoms with Gasteiger partial charge in [-0.05, 0) is 24.6 Å². The largest absolute Gasteiger partial charge is 0.492 e. The van der Waals surface area contributed by atoms with Crippen molar-refractivity contribution in [2.24, 2.45) is 0 Å². The summed E-state index contributed by atoms with van der Waals surface area (Å²) in [5.74, 6) is 0.755. The van der Waals surface area contributed by atoms with E-state index in [4.69, 9.17) is 4.74 Å². The number of nitrogens with one attached hydrogen (secondary N) is 1. The molecule has 2 aromatic carbocycles. The quantitative estimate of drug-likeness (QED) is 0.279. The molecule has 2 aromatic heterocycles. The van der Waals surface area contributed by atoms with Crippen molar-refractivity contribution >= 4 is 50.2 Å². The van der Waals surface area contributed by atoms with Gasteiger partial charge in [-0.25, -0.2) is 9.97 Å². The number of hydrogen-bond acceptors (Lipinski definition) is 8. The SMILES string of the molecule is CCOc1ccccc1NC(=O)CSc1ncnc2nc(N(C)Cc3ccccc3)sc12. The third-order valence-electron chi connectivity index (χ3n) is 4.54. The molecule has 4 aromatic rings. The summed E-state index contributed by atoms with van der Waals surface area (Å²) in [5, 5.41) is 4.53. The highest BCUT2D eigenvalue weighted by molar-refractivity contribution is 8.00. The van der Waals surface area contributed by atoms with Crippen LogP contribution in [-0.2, 0) is 11.3 Å². The van der Waals surface area contributed by atoms with E-state index in [9.17, 15) is 4.79 Å². The first-order valence-electron chi connectivity index (χ1n) is 10.1. The van der Waals surface area contributed by atoms with Crippen LogP contribution in [0.2, 0.25) is 0 Å². The highest BCUT2D eigenvalue weighted by Crippen LogP contribution is 2.34. The minimum Gasteiger partial charge on any atom is -0.492 e. The second-order valence-electron chi connectivity index (χ2n) is 6.94. The number of nitrogens with zero attached hydrogens (tertiary/aromatic N) is 4. The highest BCUT2D eigenvalue weighted by atomic mass is 32.2. The van der Waals surface area contributed by atoms with Crippen molar-refractivity contribution in [1.82, 2.24) is 15.0 Å². The Morgan fingerprint density at radius 3 is 2.72 bits per heavy atom. The number of thioether (sulfide) groups is 1. The van der Waals surface area contributed by atoms with E-state index in [1.54, 1.807) is 0 Å². The van der Waals surface area contributed by atoms with Gasteiger partial charge >= 0.3 is 0 Å². The van der Waals surface area contributed by atoms with Gasteiger partial charge in [0, 0.05) is 13.6 Å². The molecule has 0 saturated carbocycles. The summed E-state index contributed by atoms with van der Waals surface area (Å²) in [5.41, 5.74) is 2.51. The van der Waals surface area contributed by atoms with Crippen LogP contribution < -0.4 is 15.0 Å². The Hall–Kier alpha value is -3.17. The van der Waals surface area contributed by atoms with Crippen LogP contribution in [0.1, 0.15) is 12.5 Å². The summed E-state index contributed by atoms with van der Waals surface area (Å²) in [7, 11) is 2.01. The predicted molar refractivity (Wildman–Crippen MR) is 131 cm³/mol. The van der Waals surface area contributed by atoms with Gasteiger partial charge in [-0.2, -0.15) is 4.98 Å². The zero-order chi connectivity index (χ0) is 22.3. The Morgan fingerprint density at radius 2 is 1.91 bits per heavy atom. The van der Waals surface area contributed by atoms with Crippen molar-refractivity contribution in [3.63, 3.8) is 0 Å². The predicted octanol–water partition coefficient (Wildman–Crippen LogP) is 4.85. The molecular weight excluding hydrogens is 442 g/mol. The number of hydrogen-bond donors (Lipinski definition) is 1. The number of thiazole rings is 1. The van der Waals surface area contributed by atoms with E-state index in [1.165, 1.54) is 35.0 Å². The van der Waals surface area contributed by atoms with Crippen molar-refractivity contribution in [2.75, 3.05) is 29.6 Å². The van der Waals surface area contributed by atoms with Crippen LogP contribution >= 0.6 is 23.1 Å². The zero-order valence-electron chi connectivity index (χ0n) is 17.8. The minimum absolute atomic E-state index is 0.125. The number of amides is 1. The first kappa shape index (κ1) is 22.0. The maximum Gasteiger partial charge on any atom is 0.234 e. The van der Waals surface area contributed by atoms with Crippen LogP contribution in [0.3, 0.4) is 0 Å². The standard InChI is InChI=1S/C23H23N5O2S2/c1-3-30-18-12-8-7-11-17(18)26-19(29)14-31-22-20-21(24-15-25-22)27-23(32-20)28(2)13-16-9-5-4-6-10-16/h4-12,15H,3,13-14H2,1-2H3,(H,26,29). The van der Waals surface area contributed by atoms with Gasteiger partial charge in [0.1, 0.15) is 21.8 Å². The highest BCUT2D eigenvalue weighted by Gasteiger charge is 2.16.